The molecule has 1 heterocycles. The molecule has 1 saturated heterocycles. The van der Waals surface area contributed by atoms with Gasteiger partial charge in [-0.15, -0.1) is 0 Å². The maximum absolute atomic E-state index is 12.8. The molecule has 140 valence electrons. The monoisotopic (exact) mass is 353 g/mol. The van der Waals surface area contributed by atoms with Crippen molar-refractivity contribution in [3.05, 3.63) is 66.8 Å². The fourth-order valence-electron chi connectivity index (χ4n) is 3.30. The van der Waals surface area contributed by atoms with Crippen molar-refractivity contribution in [3.8, 4) is 0 Å². The molecule has 1 N–H and O–H groups in total. The first kappa shape index (κ1) is 20.0. The Labute approximate surface area is 157 Å². The average Bonchev–Trinajstić information content (AvgIpc) is 3.17. The van der Waals surface area contributed by atoms with E-state index in [9.17, 15) is 4.79 Å². The van der Waals surface area contributed by atoms with Crippen LogP contribution in [0, 0.1) is 0 Å². The molecule has 0 aliphatic carbocycles. The zero-order valence-electron chi connectivity index (χ0n) is 16.0. The van der Waals surface area contributed by atoms with Crippen LogP contribution in [0.3, 0.4) is 0 Å². The van der Waals surface area contributed by atoms with Crippen molar-refractivity contribution in [1.29, 1.82) is 0 Å². The Bertz CT molecular complexity index is 630. The number of likely N-dealkylation sites (N-methyl/N-ethyl adjacent to an activating group) is 1. The molecule has 1 aliphatic heterocycles. The smallest absolute Gasteiger partial charge is 0.242 e. The standard InChI is InChI=1S/C22H31N3O/c1-4-11-19(12-5-2)21(18-25-15-9-10-16-25)24(3)22(26)17-23-20-13-7-6-8-14-20/h4-8,11-14,21,23H,1,9-10,15-18H2,2-3H3/b12-5-,19-11+. The Morgan fingerprint density at radius 2 is 2.00 bits per heavy atom. The Balaban J connectivity index is 2.09. The lowest BCUT2D eigenvalue weighted by Gasteiger charge is -2.33. The van der Waals surface area contributed by atoms with Crippen LogP contribution in [-0.4, -0.2) is 55.0 Å². The van der Waals surface area contributed by atoms with Gasteiger partial charge in [0.1, 0.15) is 0 Å². The number of carbonyl (C=O) groups is 1. The fraction of sp³-hybridized carbons (Fsp3) is 0.409. The second kappa shape index (κ2) is 10.6. The van der Waals surface area contributed by atoms with Gasteiger partial charge in [-0.1, -0.05) is 49.1 Å². The number of rotatable bonds is 9. The lowest BCUT2D eigenvalue weighted by atomic mass is 10.0. The van der Waals surface area contributed by atoms with Gasteiger partial charge in [-0.05, 0) is 50.6 Å². The molecular formula is C22H31N3O. The highest BCUT2D eigenvalue weighted by atomic mass is 16.2. The van der Waals surface area contributed by atoms with Crippen LogP contribution in [0.4, 0.5) is 5.69 Å². The molecule has 4 nitrogen and oxygen atoms in total. The predicted octanol–water partition coefficient (Wildman–Crippen LogP) is 3.71. The van der Waals surface area contributed by atoms with E-state index >= 15 is 0 Å². The van der Waals surface area contributed by atoms with E-state index < -0.39 is 0 Å². The second-order valence-corrected chi connectivity index (χ2v) is 6.65. The van der Waals surface area contributed by atoms with Gasteiger partial charge in [0.05, 0.1) is 12.6 Å². The number of nitrogens with one attached hydrogen (secondary N) is 1. The summed E-state index contributed by atoms with van der Waals surface area (Å²) in [5, 5.41) is 3.21. The Morgan fingerprint density at radius 3 is 2.62 bits per heavy atom. The normalized spacial score (nSPS) is 16.6. The molecule has 1 atom stereocenters. The maximum atomic E-state index is 12.8. The van der Waals surface area contributed by atoms with Crippen molar-refractivity contribution in [3.63, 3.8) is 0 Å². The molecule has 1 aromatic rings. The minimum atomic E-state index is 0.0207. The highest BCUT2D eigenvalue weighted by molar-refractivity contribution is 5.81. The van der Waals surface area contributed by atoms with E-state index in [1.54, 1.807) is 6.08 Å². The summed E-state index contributed by atoms with van der Waals surface area (Å²) in [5.74, 6) is 0.0810. The number of anilines is 1. The van der Waals surface area contributed by atoms with Gasteiger partial charge in [-0.2, -0.15) is 0 Å². The van der Waals surface area contributed by atoms with E-state index in [1.807, 2.05) is 61.4 Å². The summed E-state index contributed by atoms with van der Waals surface area (Å²) in [6, 6.07) is 9.85. The van der Waals surface area contributed by atoms with Crippen molar-refractivity contribution in [2.24, 2.45) is 0 Å². The molecule has 0 aromatic heterocycles. The number of amides is 1. The number of allylic oxidation sites excluding steroid dienone is 3. The van der Waals surface area contributed by atoms with Gasteiger partial charge < -0.3 is 15.1 Å². The molecule has 0 spiro atoms. The summed E-state index contributed by atoms with van der Waals surface area (Å²) in [6.07, 6.45) is 10.4. The van der Waals surface area contributed by atoms with Gasteiger partial charge in [0.15, 0.2) is 0 Å². The van der Waals surface area contributed by atoms with Gasteiger partial charge in [-0.25, -0.2) is 0 Å². The molecule has 1 aromatic carbocycles. The van der Waals surface area contributed by atoms with E-state index in [1.165, 1.54) is 12.8 Å². The Morgan fingerprint density at radius 1 is 1.31 bits per heavy atom. The van der Waals surface area contributed by atoms with Crippen molar-refractivity contribution in [1.82, 2.24) is 9.80 Å². The molecule has 26 heavy (non-hydrogen) atoms. The molecule has 1 fully saturated rings. The van der Waals surface area contributed by atoms with Gasteiger partial charge in [-0.3, -0.25) is 4.79 Å². The van der Waals surface area contributed by atoms with E-state index in [0.29, 0.717) is 0 Å². The number of hydrogen-bond acceptors (Lipinski definition) is 3. The zero-order chi connectivity index (χ0) is 18.8. The highest BCUT2D eigenvalue weighted by Crippen LogP contribution is 2.17. The molecular weight excluding hydrogens is 322 g/mol. The van der Waals surface area contributed by atoms with Crippen LogP contribution in [0.25, 0.3) is 0 Å². The lowest BCUT2D eigenvalue weighted by Crippen LogP contribution is -2.47. The number of carbonyl (C=O) groups excluding carboxylic acids is 1. The molecule has 0 saturated carbocycles. The van der Waals surface area contributed by atoms with Crippen molar-refractivity contribution < 1.29 is 4.79 Å². The Hall–Kier alpha value is -2.33. The number of hydrogen-bond donors (Lipinski definition) is 1. The van der Waals surface area contributed by atoms with Crippen molar-refractivity contribution in [2.75, 3.05) is 38.5 Å². The molecule has 0 radical (unpaired) electrons. The summed E-state index contributed by atoms with van der Waals surface area (Å²) in [5.41, 5.74) is 2.07. The summed E-state index contributed by atoms with van der Waals surface area (Å²) in [7, 11) is 1.90. The third kappa shape index (κ3) is 5.88. The molecule has 1 unspecified atom stereocenters. The average molecular weight is 354 g/mol. The summed E-state index contributed by atoms with van der Waals surface area (Å²) >= 11 is 0. The van der Waals surface area contributed by atoms with Crippen LogP contribution in [0.15, 0.2) is 66.8 Å². The first-order valence-electron chi connectivity index (χ1n) is 9.38. The number of benzene rings is 1. The third-order valence-electron chi connectivity index (χ3n) is 4.76. The van der Waals surface area contributed by atoms with E-state index in [0.717, 1.165) is 30.9 Å². The summed E-state index contributed by atoms with van der Waals surface area (Å²) in [6.45, 7) is 9.20. The van der Waals surface area contributed by atoms with E-state index in [-0.39, 0.29) is 18.5 Å². The maximum Gasteiger partial charge on any atom is 0.242 e. The van der Waals surface area contributed by atoms with Crippen LogP contribution in [0.2, 0.25) is 0 Å². The van der Waals surface area contributed by atoms with Gasteiger partial charge in [0.25, 0.3) is 0 Å². The molecule has 1 amide bonds. The zero-order valence-corrected chi connectivity index (χ0v) is 16.0. The first-order valence-corrected chi connectivity index (χ1v) is 9.38. The number of nitrogens with zero attached hydrogens (tertiary/aromatic N) is 2. The summed E-state index contributed by atoms with van der Waals surface area (Å²) < 4.78 is 0. The molecule has 2 rings (SSSR count). The van der Waals surface area contributed by atoms with Crippen molar-refractivity contribution >= 4 is 11.6 Å². The largest absolute Gasteiger partial charge is 0.376 e. The summed E-state index contributed by atoms with van der Waals surface area (Å²) in [4.78, 5) is 17.1. The molecule has 0 bridgehead atoms. The van der Waals surface area contributed by atoms with Crippen LogP contribution in [0.1, 0.15) is 19.8 Å². The van der Waals surface area contributed by atoms with Gasteiger partial charge in [0, 0.05) is 19.3 Å². The topological polar surface area (TPSA) is 35.6 Å². The fourth-order valence-corrected chi connectivity index (χ4v) is 3.30. The van der Waals surface area contributed by atoms with Crippen molar-refractivity contribution in [2.45, 2.75) is 25.8 Å². The number of likely N-dealkylation sites (tertiary alicyclic amines) is 1. The van der Waals surface area contributed by atoms with E-state index in [2.05, 4.69) is 22.9 Å². The number of para-hydroxylation sites is 1. The highest BCUT2D eigenvalue weighted by Gasteiger charge is 2.25. The first-order chi connectivity index (χ1) is 12.7. The third-order valence-corrected chi connectivity index (χ3v) is 4.76. The van der Waals surface area contributed by atoms with Gasteiger partial charge in [0.2, 0.25) is 5.91 Å². The van der Waals surface area contributed by atoms with Crippen LogP contribution in [0.5, 0.6) is 0 Å². The molecule has 1 aliphatic rings. The lowest BCUT2D eigenvalue weighted by molar-refractivity contribution is -0.129. The van der Waals surface area contributed by atoms with E-state index in [4.69, 9.17) is 0 Å². The van der Waals surface area contributed by atoms with Crippen LogP contribution >= 0.6 is 0 Å². The van der Waals surface area contributed by atoms with Crippen LogP contribution in [-0.2, 0) is 4.79 Å². The predicted molar refractivity (Wildman–Crippen MR) is 110 cm³/mol. The van der Waals surface area contributed by atoms with Gasteiger partial charge >= 0.3 is 0 Å². The molecule has 4 heteroatoms. The second-order valence-electron chi connectivity index (χ2n) is 6.65. The quantitative estimate of drug-likeness (QED) is 0.688. The minimum absolute atomic E-state index is 0.0207. The Kier molecular flexibility index (Phi) is 8.16. The minimum Gasteiger partial charge on any atom is -0.376 e. The SMILES string of the molecule is C=C/C=C(\C=C/C)C(CN1CCCC1)N(C)C(=O)CNc1ccccc1. The van der Waals surface area contributed by atoms with Crippen LogP contribution < -0.4 is 5.32 Å².